The maximum atomic E-state index is 11.2. The van der Waals surface area contributed by atoms with Gasteiger partial charge in [0.05, 0.1) is 10.6 Å². The third-order valence-corrected chi connectivity index (χ3v) is 4.96. The van der Waals surface area contributed by atoms with E-state index in [0.717, 1.165) is 22.0 Å². The Labute approximate surface area is 120 Å². The monoisotopic (exact) mass is 280 g/mol. The van der Waals surface area contributed by atoms with E-state index in [-0.39, 0.29) is 5.41 Å². The van der Waals surface area contributed by atoms with Crippen LogP contribution in [-0.4, -0.2) is 24.4 Å². The predicted octanol–water partition coefficient (Wildman–Crippen LogP) is 4.02. The smallest absolute Gasteiger partial charge is 0.186 e. The summed E-state index contributed by atoms with van der Waals surface area (Å²) in [5.41, 5.74) is 0.864. The Kier molecular flexibility index (Phi) is 4.29. The lowest BCUT2D eigenvalue weighted by molar-refractivity contribution is 0.112. The first-order valence-corrected chi connectivity index (χ1v) is 7.94. The molecule has 0 aromatic carbocycles. The SMILES string of the molecule is CN(c1nc(C(C)(C)C)c(C=O)s1)C1CCCCC1. The number of thiazole rings is 1. The molecular weight excluding hydrogens is 256 g/mol. The van der Waals surface area contributed by atoms with Crippen LogP contribution in [0.1, 0.15) is 68.2 Å². The van der Waals surface area contributed by atoms with Crippen LogP contribution in [0.5, 0.6) is 0 Å². The van der Waals surface area contributed by atoms with E-state index in [1.54, 1.807) is 0 Å². The summed E-state index contributed by atoms with van der Waals surface area (Å²) in [5.74, 6) is 0. The summed E-state index contributed by atoms with van der Waals surface area (Å²) in [6, 6.07) is 0.590. The van der Waals surface area contributed by atoms with Gasteiger partial charge in [-0.05, 0) is 12.8 Å². The summed E-state index contributed by atoms with van der Waals surface area (Å²) in [4.78, 5) is 19.0. The number of carbonyl (C=O) groups excluding carboxylic acids is 1. The maximum Gasteiger partial charge on any atom is 0.186 e. The van der Waals surface area contributed by atoms with Crippen LogP contribution in [0.25, 0.3) is 0 Å². The molecule has 0 unspecified atom stereocenters. The second-order valence-electron chi connectivity index (χ2n) is 6.48. The van der Waals surface area contributed by atoms with E-state index in [1.165, 1.54) is 43.4 Å². The first-order chi connectivity index (χ1) is 8.93. The van der Waals surface area contributed by atoms with E-state index in [9.17, 15) is 4.79 Å². The predicted molar refractivity (Wildman–Crippen MR) is 81.5 cm³/mol. The number of nitrogens with zero attached hydrogens (tertiary/aromatic N) is 2. The van der Waals surface area contributed by atoms with Crippen LogP contribution in [0.15, 0.2) is 0 Å². The molecule has 1 saturated carbocycles. The summed E-state index contributed by atoms with van der Waals surface area (Å²) in [7, 11) is 2.12. The first kappa shape index (κ1) is 14.5. The molecule has 0 radical (unpaired) electrons. The zero-order chi connectivity index (χ0) is 14.0. The highest BCUT2D eigenvalue weighted by Gasteiger charge is 2.26. The quantitative estimate of drug-likeness (QED) is 0.784. The molecule has 1 heterocycles. The van der Waals surface area contributed by atoms with Crippen molar-refractivity contribution < 1.29 is 4.79 Å². The molecule has 4 heteroatoms. The highest BCUT2D eigenvalue weighted by molar-refractivity contribution is 7.17. The van der Waals surface area contributed by atoms with Crippen LogP contribution in [-0.2, 0) is 5.41 Å². The third kappa shape index (κ3) is 3.16. The molecule has 2 rings (SSSR count). The summed E-state index contributed by atoms with van der Waals surface area (Å²) in [5, 5.41) is 0.999. The average Bonchev–Trinajstić information content (AvgIpc) is 2.83. The number of aldehydes is 1. The van der Waals surface area contributed by atoms with E-state index in [2.05, 4.69) is 32.7 Å². The Hall–Kier alpha value is -0.900. The molecule has 0 bridgehead atoms. The van der Waals surface area contributed by atoms with Gasteiger partial charge in [-0.1, -0.05) is 51.4 Å². The van der Waals surface area contributed by atoms with Gasteiger partial charge in [0.25, 0.3) is 0 Å². The fourth-order valence-electron chi connectivity index (χ4n) is 2.71. The van der Waals surface area contributed by atoms with Gasteiger partial charge in [0.2, 0.25) is 0 Å². The van der Waals surface area contributed by atoms with Crippen molar-refractivity contribution in [2.75, 3.05) is 11.9 Å². The second kappa shape index (κ2) is 5.61. The molecule has 0 amide bonds. The highest BCUT2D eigenvalue weighted by Crippen LogP contribution is 2.34. The molecule has 0 atom stereocenters. The molecule has 1 aromatic heterocycles. The summed E-state index contributed by atoms with van der Waals surface area (Å²) >= 11 is 1.53. The van der Waals surface area contributed by atoms with Crippen molar-refractivity contribution in [3.05, 3.63) is 10.6 Å². The van der Waals surface area contributed by atoms with Gasteiger partial charge >= 0.3 is 0 Å². The molecule has 106 valence electrons. The van der Waals surface area contributed by atoms with Crippen molar-refractivity contribution in [3.8, 4) is 0 Å². The van der Waals surface area contributed by atoms with Crippen LogP contribution in [0, 0.1) is 0 Å². The average molecular weight is 280 g/mol. The lowest BCUT2D eigenvalue weighted by Gasteiger charge is -2.31. The van der Waals surface area contributed by atoms with Crippen molar-refractivity contribution >= 4 is 22.8 Å². The van der Waals surface area contributed by atoms with Crippen LogP contribution in [0.2, 0.25) is 0 Å². The van der Waals surface area contributed by atoms with Gasteiger partial charge in [0.1, 0.15) is 0 Å². The molecule has 1 aliphatic rings. The fraction of sp³-hybridized carbons (Fsp3) is 0.733. The van der Waals surface area contributed by atoms with E-state index >= 15 is 0 Å². The molecule has 0 saturated heterocycles. The van der Waals surface area contributed by atoms with E-state index in [1.807, 2.05) is 0 Å². The zero-order valence-corrected chi connectivity index (χ0v) is 13.2. The molecule has 1 aliphatic carbocycles. The van der Waals surface area contributed by atoms with Crippen molar-refractivity contribution in [2.24, 2.45) is 0 Å². The summed E-state index contributed by atoms with van der Waals surface area (Å²) < 4.78 is 0. The third-order valence-electron chi connectivity index (χ3n) is 3.88. The molecule has 19 heavy (non-hydrogen) atoms. The molecule has 1 aromatic rings. The van der Waals surface area contributed by atoms with E-state index in [4.69, 9.17) is 4.98 Å². The number of aromatic nitrogens is 1. The topological polar surface area (TPSA) is 33.2 Å². The van der Waals surface area contributed by atoms with Crippen molar-refractivity contribution in [2.45, 2.75) is 64.3 Å². The lowest BCUT2D eigenvalue weighted by Crippen LogP contribution is -2.33. The Morgan fingerprint density at radius 3 is 2.37 bits per heavy atom. The van der Waals surface area contributed by atoms with E-state index < -0.39 is 0 Å². The van der Waals surface area contributed by atoms with E-state index in [0.29, 0.717) is 6.04 Å². The van der Waals surface area contributed by atoms with Crippen molar-refractivity contribution in [3.63, 3.8) is 0 Å². The van der Waals surface area contributed by atoms with Gasteiger partial charge in [0.15, 0.2) is 11.4 Å². The number of rotatable bonds is 3. The minimum Gasteiger partial charge on any atom is -0.348 e. The number of anilines is 1. The van der Waals surface area contributed by atoms with Crippen LogP contribution in [0.4, 0.5) is 5.13 Å². The molecule has 1 fully saturated rings. The highest BCUT2D eigenvalue weighted by atomic mass is 32.1. The molecule has 0 aliphatic heterocycles. The van der Waals surface area contributed by atoms with Crippen LogP contribution in [0.3, 0.4) is 0 Å². The fourth-order valence-corrected chi connectivity index (χ4v) is 3.84. The van der Waals surface area contributed by atoms with Gasteiger partial charge in [-0.25, -0.2) is 4.98 Å². The standard InChI is InChI=1S/C15H24N2OS/c1-15(2,3)13-12(10-18)19-14(16-13)17(4)11-8-6-5-7-9-11/h10-11H,5-9H2,1-4H3. The largest absolute Gasteiger partial charge is 0.348 e. The number of carbonyl (C=O) groups is 1. The summed E-state index contributed by atoms with van der Waals surface area (Å²) in [6.45, 7) is 6.33. The number of hydrogen-bond acceptors (Lipinski definition) is 4. The Morgan fingerprint density at radius 1 is 1.26 bits per heavy atom. The molecule has 0 N–H and O–H groups in total. The second-order valence-corrected chi connectivity index (χ2v) is 7.49. The minimum atomic E-state index is -0.0710. The van der Waals surface area contributed by atoms with Crippen molar-refractivity contribution in [1.82, 2.24) is 4.98 Å². The zero-order valence-electron chi connectivity index (χ0n) is 12.4. The Bertz CT molecular complexity index is 441. The van der Waals surface area contributed by atoms with Gasteiger partial charge in [0, 0.05) is 18.5 Å². The van der Waals surface area contributed by atoms with Crippen LogP contribution < -0.4 is 4.90 Å². The molecule has 0 spiro atoms. The maximum absolute atomic E-state index is 11.2. The Morgan fingerprint density at radius 2 is 1.89 bits per heavy atom. The normalized spacial score (nSPS) is 17.5. The number of hydrogen-bond donors (Lipinski definition) is 0. The Balaban J connectivity index is 2.24. The molecular formula is C15H24N2OS. The lowest BCUT2D eigenvalue weighted by atomic mass is 9.91. The molecule has 3 nitrogen and oxygen atoms in total. The first-order valence-electron chi connectivity index (χ1n) is 7.13. The van der Waals surface area contributed by atoms with Crippen LogP contribution >= 0.6 is 11.3 Å². The van der Waals surface area contributed by atoms with Crippen molar-refractivity contribution in [1.29, 1.82) is 0 Å². The van der Waals surface area contributed by atoms with Gasteiger partial charge in [-0.15, -0.1) is 0 Å². The van der Waals surface area contributed by atoms with Gasteiger partial charge in [-0.3, -0.25) is 4.79 Å². The minimum absolute atomic E-state index is 0.0710. The van der Waals surface area contributed by atoms with Gasteiger partial charge in [-0.2, -0.15) is 0 Å². The summed E-state index contributed by atoms with van der Waals surface area (Å²) in [6.07, 6.45) is 7.43. The van der Waals surface area contributed by atoms with Gasteiger partial charge < -0.3 is 4.90 Å².